The lowest BCUT2D eigenvalue weighted by Crippen LogP contribution is -2.16. The van der Waals surface area contributed by atoms with E-state index in [1.165, 1.54) is 115 Å². The monoisotopic (exact) mass is 746 g/mol. The molecule has 280 valence electrons. The highest BCUT2D eigenvalue weighted by molar-refractivity contribution is 6.23. The molecule has 0 spiro atoms. The Kier molecular flexibility index (Phi) is 8.91. The van der Waals surface area contributed by atoms with Crippen LogP contribution in [0.2, 0.25) is 0 Å². The molecule has 10 aromatic carbocycles. The highest BCUT2D eigenvalue weighted by Crippen LogP contribution is 2.47. The van der Waals surface area contributed by atoms with Gasteiger partial charge in [-0.05, 0) is 132 Å². The first-order valence-electron chi connectivity index (χ1n) is 20.6. The Labute approximate surface area is 341 Å². The second-order valence-electron chi connectivity index (χ2n) is 15.5. The van der Waals surface area contributed by atoms with Gasteiger partial charge in [0, 0.05) is 42.5 Å². The summed E-state index contributed by atoms with van der Waals surface area (Å²) in [5, 5.41) is 16.2. The molecule has 0 atom stereocenters. The number of hydrogen-bond acceptors (Lipinski definition) is 2. The van der Waals surface area contributed by atoms with E-state index < -0.39 is 0 Å². The standard InChI is InChI=1S/C56H46N2/c1-5-57-56-36(3)30-32-47-44(22-15-28-51(47)56)46-24-14-27-50-53(46)35-52-45(23-13-26-49(52)55(50)48-25-11-17-37-16-7-8-19-40(37)48)43-21-12-18-38-34-39(31-33-41(38)43)42-20-9-10-29-54(42)58(4)6-2/h7-35,57H,5-6H2,1-4H3. The first kappa shape index (κ1) is 35.5. The van der Waals surface area contributed by atoms with Gasteiger partial charge in [-0.15, -0.1) is 0 Å². The lowest BCUT2D eigenvalue weighted by molar-refractivity contribution is 0.969. The molecule has 58 heavy (non-hydrogen) atoms. The van der Waals surface area contributed by atoms with Gasteiger partial charge in [-0.2, -0.15) is 0 Å². The van der Waals surface area contributed by atoms with E-state index in [1.54, 1.807) is 0 Å². The summed E-state index contributed by atoms with van der Waals surface area (Å²) in [6, 6.07) is 65.7. The van der Waals surface area contributed by atoms with Crippen molar-refractivity contribution in [3.05, 3.63) is 181 Å². The van der Waals surface area contributed by atoms with Crippen LogP contribution in [0.4, 0.5) is 11.4 Å². The zero-order valence-corrected chi connectivity index (χ0v) is 33.6. The molecule has 1 N–H and O–H groups in total. The van der Waals surface area contributed by atoms with Crippen LogP contribution in [-0.2, 0) is 0 Å². The molecule has 0 amide bonds. The van der Waals surface area contributed by atoms with Gasteiger partial charge in [-0.3, -0.25) is 0 Å². The number of rotatable bonds is 8. The van der Waals surface area contributed by atoms with E-state index in [9.17, 15) is 0 Å². The molecule has 0 fully saturated rings. The summed E-state index contributed by atoms with van der Waals surface area (Å²) in [5.74, 6) is 0. The quantitative estimate of drug-likeness (QED) is 0.156. The fraction of sp³-hybridized carbons (Fsp3) is 0.107. The Bertz CT molecular complexity index is 3200. The molecule has 0 unspecified atom stereocenters. The van der Waals surface area contributed by atoms with Crippen LogP contribution in [0.15, 0.2) is 176 Å². The van der Waals surface area contributed by atoms with Crippen molar-refractivity contribution < 1.29 is 0 Å². The lowest BCUT2D eigenvalue weighted by atomic mass is 9.84. The van der Waals surface area contributed by atoms with Gasteiger partial charge in [0.15, 0.2) is 0 Å². The maximum absolute atomic E-state index is 3.67. The van der Waals surface area contributed by atoms with Crippen molar-refractivity contribution in [3.63, 3.8) is 0 Å². The molecule has 0 radical (unpaired) electrons. The van der Waals surface area contributed by atoms with E-state index in [1.807, 2.05) is 0 Å². The number of benzene rings is 10. The van der Waals surface area contributed by atoms with E-state index in [2.05, 4.69) is 214 Å². The molecule has 0 aliphatic heterocycles. The minimum absolute atomic E-state index is 0.876. The third-order valence-electron chi connectivity index (χ3n) is 12.3. The Morgan fingerprint density at radius 3 is 1.66 bits per heavy atom. The summed E-state index contributed by atoms with van der Waals surface area (Å²) < 4.78 is 0. The second kappa shape index (κ2) is 14.6. The summed E-state index contributed by atoms with van der Waals surface area (Å²) in [6.07, 6.45) is 0. The molecule has 0 aromatic heterocycles. The second-order valence-corrected chi connectivity index (χ2v) is 15.5. The predicted molar refractivity (Wildman–Crippen MR) is 254 cm³/mol. The topological polar surface area (TPSA) is 15.3 Å². The molecule has 2 heteroatoms. The third kappa shape index (κ3) is 5.79. The molecule has 0 heterocycles. The first-order chi connectivity index (χ1) is 28.5. The maximum Gasteiger partial charge on any atom is 0.0449 e. The van der Waals surface area contributed by atoms with Crippen LogP contribution in [0.3, 0.4) is 0 Å². The first-order valence-corrected chi connectivity index (χ1v) is 20.6. The van der Waals surface area contributed by atoms with Crippen LogP contribution in [-0.4, -0.2) is 20.1 Å². The van der Waals surface area contributed by atoms with Crippen molar-refractivity contribution in [1.29, 1.82) is 0 Å². The van der Waals surface area contributed by atoms with Crippen molar-refractivity contribution in [2.45, 2.75) is 20.8 Å². The molecular weight excluding hydrogens is 701 g/mol. The van der Waals surface area contributed by atoms with Crippen LogP contribution >= 0.6 is 0 Å². The summed E-state index contributed by atoms with van der Waals surface area (Å²) in [7, 11) is 2.17. The summed E-state index contributed by atoms with van der Waals surface area (Å²) >= 11 is 0. The smallest absolute Gasteiger partial charge is 0.0449 e. The molecule has 10 rings (SSSR count). The van der Waals surface area contributed by atoms with Gasteiger partial charge in [0.25, 0.3) is 0 Å². The van der Waals surface area contributed by atoms with Crippen molar-refractivity contribution in [2.24, 2.45) is 0 Å². The van der Waals surface area contributed by atoms with Gasteiger partial charge in [0.2, 0.25) is 0 Å². The van der Waals surface area contributed by atoms with Gasteiger partial charge < -0.3 is 10.2 Å². The number of anilines is 2. The number of fused-ring (bicyclic) bond motifs is 5. The Hall–Kier alpha value is -6.90. The van der Waals surface area contributed by atoms with Crippen LogP contribution in [0.1, 0.15) is 19.4 Å². The Balaban J connectivity index is 1.27. The highest BCUT2D eigenvalue weighted by atomic mass is 15.1. The van der Waals surface area contributed by atoms with E-state index in [0.717, 1.165) is 13.1 Å². The zero-order valence-electron chi connectivity index (χ0n) is 33.6. The van der Waals surface area contributed by atoms with Crippen LogP contribution in [0.25, 0.3) is 98.4 Å². The normalized spacial score (nSPS) is 11.6. The Morgan fingerprint density at radius 2 is 0.931 bits per heavy atom. The molecule has 0 bridgehead atoms. The Morgan fingerprint density at radius 1 is 0.414 bits per heavy atom. The summed E-state index contributed by atoms with van der Waals surface area (Å²) in [6.45, 7) is 8.40. The van der Waals surface area contributed by atoms with E-state index in [0.29, 0.717) is 0 Å². The molecular formula is C56H46N2. The zero-order chi connectivity index (χ0) is 39.3. The van der Waals surface area contributed by atoms with Gasteiger partial charge in [-0.25, -0.2) is 0 Å². The fourth-order valence-electron chi connectivity index (χ4n) is 9.39. The highest BCUT2D eigenvalue weighted by Gasteiger charge is 2.20. The van der Waals surface area contributed by atoms with Gasteiger partial charge >= 0.3 is 0 Å². The average molecular weight is 747 g/mol. The average Bonchev–Trinajstić information content (AvgIpc) is 3.28. The predicted octanol–water partition coefficient (Wildman–Crippen LogP) is 15.3. The van der Waals surface area contributed by atoms with Crippen LogP contribution in [0.5, 0.6) is 0 Å². The lowest BCUT2D eigenvalue weighted by Gasteiger charge is -2.21. The molecule has 0 saturated heterocycles. The van der Waals surface area contributed by atoms with E-state index >= 15 is 0 Å². The van der Waals surface area contributed by atoms with Crippen molar-refractivity contribution in [1.82, 2.24) is 0 Å². The van der Waals surface area contributed by atoms with Gasteiger partial charge in [0.05, 0.1) is 0 Å². The molecule has 0 saturated carbocycles. The van der Waals surface area contributed by atoms with E-state index in [4.69, 9.17) is 0 Å². The van der Waals surface area contributed by atoms with Crippen LogP contribution < -0.4 is 10.2 Å². The van der Waals surface area contributed by atoms with Gasteiger partial charge in [0.1, 0.15) is 0 Å². The van der Waals surface area contributed by atoms with Gasteiger partial charge in [-0.1, -0.05) is 158 Å². The minimum atomic E-state index is 0.876. The molecule has 10 aromatic rings. The minimum Gasteiger partial charge on any atom is -0.385 e. The molecule has 0 aliphatic carbocycles. The third-order valence-corrected chi connectivity index (χ3v) is 12.3. The summed E-state index contributed by atoms with van der Waals surface area (Å²) in [5.41, 5.74) is 13.7. The van der Waals surface area contributed by atoms with Crippen molar-refractivity contribution in [2.75, 3.05) is 30.4 Å². The number of aryl methyl sites for hydroxylation is 1. The molecule has 0 aliphatic rings. The fourth-order valence-corrected chi connectivity index (χ4v) is 9.39. The number of nitrogens with zero attached hydrogens (tertiary/aromatic N) is 1. The van der Waals surface area contributed by atoms with Crippen molar-refractivity contribution in [3.8, 4) is 44.5 Å². The number of hydrogen-bond donors (Lipinski definition) is 1. The number of para-hydroxylation sites is 1. The number of nitrogens with one attached hydrogen (secondary N) is 1. The maximum atomic E-state index is 3.67. The SMILES string of the molecule is CCNc1c(C)ccc2c(-c3cccc4c(-c5cccc6ccccc56)c5cccc(-c6cccc7cc(-c8ccccc8N(C)CC)ccc67)c5cc34)cccc12. The largest absolute Gasteiger partial charge is 0.385 e. The summed E-state index contributed by atoms with van der Waals surface area (Å²) in [4.78, 5) is 2.32. The van der Waals surface area contributed by atoms with Crippen LogP contribution in [0, 0.1) is 6.92 Å². The van der Waals surface area contributed by atoms with E-state index in [-0.39, 0.29) is 0 Å². The molecule has 2 nitrogen and oxygen atoms in total. The van der Waals surface area contributed by atoms with Crippen molar-refractivity contribution >= 4 is 65.2 Å².